The maximum Gasteiger partial charge on any atom is 0.0977 e. The highest BCUT2D eigenvalue weighted by atomic mass is 35.5. The summed E-state index contributed by atoms with van der Waals surface area (Å²) in [5, 5.41) is 5.37. The van der Waals surface area contributed by atoms with Gasteiger partial charge >= 0.3 is 0 Å². The Morgan fingerprint density at radius 1 is 0.792 bits per heavy atom. The number of benzene rings is 3. The number of hydrazone groups is 1. The first-order valence-electron chi connectivity index (χ1n) is 7.86. The van der Waals surface area contributed by atoms with Gasteiger partial charge in [-0.25, -0.2) is 0 Å². The average molecular weight is 335 g/mol. The molecule has 0 radical (unpaired) electrons. The van der Waals surface area contributed by atoms with Crippen LogP contribution in [0.4, 0.5) is 5.69 Å². The maximum atomic E-state index is 6.01. The molecule has 0 aliphatic heterocycles. The Morgan fingerprint density at radius 2 is 1.46 bits per heavy atom. The zero-order valence-corrected chi connectivity index (χ0v) is 14.5. The van der Waals surface area contributed by atoms with E-state index in [2.05, 4.69) is 48.6 Å². The minimum atomic E-state index is 0.716. The van der Waals surface area contributed by atoms with Crippen LogP contribution in [-0.4, -0.2) is 5.71 Å². The zero-order valence-electron chi connectivity index (χ0n) is 13.8. The standard InChI is InChI=1S/C21H19ClN2/c1-15-8-13-20(14-16(15)2)23-24-21(17-6-4-3-5-7-17)18-9-11-19(22)12-10-18/h3-14,23H,1-2H3/b24-21+. The first kappa shape index (κ1) is 16.3. The van der Waals surface area contributed by atoms with Crippen LogP contribution < -0.4 is 5.43 Å². The number of nitrogens with one attached hydrogen (secondary N) is 1. The van der Waals surface area contributed by atoms with E-state index in [0.29, 0.717) is 5.02 Å². The van der Waals surface area contributed by atoms with Crippen LogP contribution in [0.1, 0.15) is 22.3 Å². The summed E-state index contributed by atoms with van der Waals surface area (Å²) in [5.41, 5.74) is 9.61. The second-order valence-corrected chi connectivity index (χ2v) is 6.18. The Kier molecular flexibility index (Phi) is 4.97. The highest BCUT2D eigenvalue weighted by molar-refractivity contribution is 6.30. The first-order chi connectivity index (χ1) is 11.6. The molecular formula is C21H19ClN2. The van der Waals surface area contributed by atoms with Crippen molar-refractivity contribution in [2.75, 3.05) is 5.43 Å². The quantitative estimate of drug-likeness (QED) is 0.471. The fraction of sp³-hybridized carbons (Fsp3) is 0.0952. The minimum Gasteiger partial charge on any atom is -0.278 e. The summed E-state index contributed by atoms with van der Waals surface area (Å²) in [7, 11) is 0. The fourth-order valence-corrected chi connectivity index (χ4v) is 2.56. The number of nitrogens with zero attached hydrogens (tertiary/aromatic N) is 1. The normalized spacial score (nSPS) is 11.4. The van der Waals surface area contributed by atoms with Crippen LogP contribution in [0.15, 0.2) is 77.9 Å². The number of halogens is 1. The van der Waals surface area contributed by atoms with E-state index in [1.807, 2.05) is 48.5 Å². The van der Waals surface area contributed by atoms with Gasteiger partial charge in [-0.2, -0.15) is 5.10 Å². The van der Waals surface area contributed by atoms with Gasteiger partial charge in [0.15, 0.2) is 0 Å². The molecule has 0 atom stereocenters. The van der Waals surface area contributed by atoms with Crippen molar-refractivity contribution in [2.24, 2.45) is 5.10 Å². The summed E-state index contributed by atoms with van der Waals surface area (Å²) in [6.45, 7) is 4.20. The lowest BCUT2D eigenvalue weighted by Crippen LogP contribution is -2.06. The van der Waals surface area contributed by atoms with Crippen LogP contribution in [0.2, 0.25) is 5.02 Å². The SMILES string of the molecule is Cc1ccc(N/N=C(\c2ccccc2)c2ccc(Cl)cc2)cc1C. The van der Waals surface area contributed by atoms with E-state index in [1.165, 1.54) is 11.1 Å². The molecule has 3 heteroatoms. The van der Waals surface area contributed by atoms with Crippen molar-refractivity contribution in [3.05, 3.63) is 100 Å². The number of rotatable bonds is 4. The molecule has 0 aliphatic carbocycles. The van der Waals surface area contributed by atoms with E-state index >= 15 is 0 Å². The summed E-state index contributed by atoms with van der Waals surface area (Å²) in [5.74, 6) is 0. The van der Waals surface area contributed by atoms with E-state index in [-0.39, 0.29) is 0 Å². The lowest BCUT2D eigenvalue weighted by Gasteiger charge is -2.10. The second-order valence-electron chi connectivity index (χ2n) is 5.74. The fourth-order valence-electron chi connectivity index (χ4n) is 2.43. The smallest absolute Gasteiger partial charge is 0.0977 e. The van der Waals surface area contributed by atoms with Gasteiger partial charge in [0.25, 0.3) is 0 Å². The Morgan fingerprint density at radius 3 is 2.12 bits per heavy atom. The summed E-state index contributed by atoms with van der Waals surface area (Å²) >= 11 is 6.01. The number of aryl methyl sites for hydroxylation is 2. The molecule has 0 unspecified atom stereocenters. The second kappa shape index (κ2) is 7.33. The zero-order chi connectivity index (χ0) is 16.9. The highest BCUT2D eigenvalue weighted by Crippen LogP contribution is 2.17. The summed E-state index contributed by atoms with van der Waals surface area (Å²) < 4.78 is 0. The lowest BCUT2D eigenvalue weighted by atomic mass is 10.0. The predicted octanol–water partition coefficient (Wildman–Crippen LogP) is 5.82. The number of hydrogen-bond acceptors (Lipinski definition) is 2. The van der Waals surface area contributed by atoms with E-state index in [4.69, 9.17) is 11.6 Å². The van der Waals surface area contributed by atoms with Crippen molar-refractivity contribution >= 4 is 23.0 Å². The topological polar surface area (TPSA) is 24.4 Å². The van der Waals surface area contributed by atoms with Gasteiger partial charge in [-0.15, -0.1) is 0 Å². The molecule has 0 fully saturated rings. The summed E-state index contributed by atoms with van der Waals surface area (Å²) in [4.78, 5) is 0. The van der Waals surface area contributed by atoms with Crippen LogP contribution in [0, 0.1) is 13.8 Å². The number of anilines is 1. The average Bonchev–Trinajstić information content (AvgIpc) is 2.60. The largest absolute Gasteiger partial charge is 0.278 e. The van der Waals surface area contributed by atoms with Crippen LogP contribution >= 0.6 is 11.6 Å². The molecule has 0 saturated heterocycles. The van der Waals surface area contributed by atoms with Crippen LogP contribution in [-0.2, 0) is 0 Å². The summed E-state index contributed by atoms with van der Waals surface area (Å²) in [6.07, 6.45) is 0. The number of hydrogen-bond donors (Lipinski definition) is 1. The molecule has 3 aromatic carbocycles. The van der Waals surface area contributed by atoms with Gasteiger partial charge in [0, 0.05) is 16.1 Å². The summed E-state index contributed by atoms with van der Waals surface area (Å²) in [6, 6.07) is 24.1. The predicted molar refractivity (Wildman–Crippen MR) is 103 cm³/mol. The van der Waals surface area contributed by atoms with Gasteiger partial charge in [0.05, 0.1) is 11.4 Å². The molecule has 0 amide bonds. The molecule has 3 rings (SSSR count). The van der Waals surface area contributed by atoms with E-state index in [1.54, 1.807) is 0 Å². The van der Waals surface area contributed by atoms with Crippen LogP contribution in [0.5, 0.6) is 0 Å². The molecule has 0 heterocycles. The molecular weight excluding hydrogens is 316 g/mol. The van der Waals surface area contributed by atoms with E-state index in [0.717, 1.165) is 22.5 Å². The molecule has 24 heavy (non-hydrogen) atoms. The third-order valence-electron chi connectivity index (χ3n) is 3.97. The Labute approximate surface area is 147 Å². The third-order valence-corrected chi connectivity index (χ3v) is 4.22. The maximum absolute atomic E-state index is 6.01. The molecule has 0 saturated carbocycles. The molecule has 0 bridgehead atoms. The van der Waals surface area contributed by atoms with Gasteiger partial charge in [-0.3, -0.25) is 5.43 Å². The van der Waals surface area contributed by atoms with Crippen molar-refractivity contribution in [2.45, 2.75) is 13.8 Å². The van der Waals surface area contributed by atoms with E-state index in [9.17, 15) is 0 Å². The van der Waals surface area contributed by atoms with Crippen LogP contribution in [0.3, 0.4) is 0 Å². The molecule has 2 nitrogen and oxygen atoms in total. The van der Waals surface area contributed by atoms with Gasteiger partial charge in [-0.1, -0.05) is 60.1 Å². The Balaban J connectivity index is 1.97. The molecule has 1 N–H and O–H groups in total. The van der Waals surface area contributed by atoms with Gasteiger partial charge in [0.1, 0.15) is 0 Å². The molecule has 0 spiro atoms. The Bertz CT molecular complexity index is 853. The van der Waals surface area contributed by atoms with Crippen LogP contribution in [0.25, 0.3) is 0 Å². The van der Waals surface area contributed by atoms with E-state index < -0.39 is 0 Å². The van der Waals surface area contributed by atoms with Gasteiger partial charge in [0.2, 0.25) is 0 Å². The Hall–Kier alpha value is -2.58. The molecule has 0 aromatic heterocycles. The lowest BCUT2D eigenvalue weighted by molar-refractivity contribution is 1.28. The van der Waals surface area contributed by atoms with Crippen molar-refractivity contribution in [3.63, 3.8) is 0 Å². The molecule has 120 valence electrons. The minimum absolute atomic E-state index is 0.716. The van der Waals surface area contributed by atoms with Crippen molar-refractivity contribution in [1.82, 2.24) is 0 Å². The first-order valence-corrected chi connectivity index (χ1v) is 8.23. The van der Waals surface area contributed by atoms with Gasteiger partial charge in [-0.05, 0) is 49.2 Å². The van der Waals surface area contributed by atoms with Crippen molar-refractivity contribution in [1.29, 1.82) is 0 Å². The highest BCUT2D eigenvalue weighted by Gasteiger charge is 2.07. The van der Waals surface area contributed by atoms with Crippen molar-refractivity contribution in [3.8, 4) is 0 Å². The monoisotopic (exact) mass is 334 g/mol. The third kappa shape index (κ3) is 3.84. The van der Waals surface area contributed by atoms with Crippen molar-refractivity contribution < 1.29 is 0 Å². The molecule has 3 aromatic rings. The molecule has 0 aliphatic rings. The van der Waals surface area contributed by atoms with Gasteiger partial charge < -0.3 is 0 Å².